The molecule has 0 atom stereocenters. The number of carbonyl (C=O) groups excluding carboxylic acids is 1. The molecule has 0 saturated heterocycles. The molecule has 0 aliphatic rings. The van der Waals surface area contributed by atoms with Crippen LogP contribution in [0, 0.1) is 5.82 Å². The molecule has 0 radical (unpaired) electrons. The maximum absolute atomic E-state index is 13.6. The summed E-state index contributed by atoms with van der Waals surface area (Å²) < 4.78 is 13.6. The first-order chi connectivity index (χ1) is 11.6. The summed E-state index contributed by atoms with van der Waals surface area (Å²) in [5.74, 6) is -0.979. The van der Waals surface area contributed by atoms with Gasteiger partial charge in [0.1, 0.15) is 11.5 Å². The van der Waals surface area contributed by atoms with Gasteiger partial charge in [-0.05, 0) is 36.4 Å². The lowest BCUT2D eigenvalue weighted by atomic mass is 10.2. The van der Waals surface area contributed by atoms with Crippen LogP contribution in [0.4, 0.5) is 21.5 Å². The van der Waals surface area contributed by atoms with Crippen molar-refractivity contribution >= 4 is 34.6 Å². The summed E-state index contributed by atoms with van der Waals surface area (Å²) in [5.41, 5.74) is 1.72. The van der Waals surface area contributed by atoms with E-state index in [1.54, 1.807) is 30.3 Å². The molecule has 1 aromatic heterocycles. The Balaban J connectivity index is 1.71. The molecule has 120 valence electrons. The van der Waals surface area contributed by atoms with Gasteiger partial charge in [-0.15, -0.1) is 0 Å². The van der Waals surface area contributed by atoms with Crippen LogP contribution in [0.15, 0.2) is 66.9 Å². The third-order valence-electron chi connectivity index (χ3n) is 3.27. The molecule has 4 nitrogen and oxygen atoms in total. The predicted octanol–water partition coefficient (Wildman–Crippen LogP) is 4.87. The molecule has 2 N–H and O–H groups in total. The second-order valence-corrected chi connectivity index (χ2v) is 5.38. The number of rotatable bonds is 4. The fourth-order valence-electron chi connectivity index (χ4n) is 2.07. The molecular weight excluding hydrogens is 329 g/mol. The highest BCUT2D eigenvalue weighted by atomic mass is 35.5. The number of hydrogen-bond acceptors (Lipinski definition) is 3. The Morgan fingerprint density at radius 1 is 0.958 bits per heavy atom. The van der Waals surface area contributed by atoms with Gasteiger partial charge >= 0.3 is 0 Å². The standard InChI is InChI=1S/C18H13ClFN3O/c19-13-5-1-3-7-15(13)22-12-9-10-17(21-11-12)18(24)23-16-8-4-2-6-14(16)20/h1-11,22H,(H,23,24). The van der Waals surface area contributed by atoms with Gasteiger partial charge in [0.15, 0.2) is 0 Å². The fourth-order valence-corrected chi connectivity index (χ4v) is 2.25. The van der Waals surface area contributed by atoms with Crippen LogP contribution in [0.25, 0.3) is 0 Å². The Morgan fingerprint density at radius 3 is 2.33 bits per heavy atom. The number of para-hydroxylation sites is 2. The normalized spacial score (nSPS) is 10.2. The quantitative estimate of drug-likeness (QED) is 0.711. The molecule has 0 fully saturated rings. The molecular formula is C18H13ClFN3O. The number of anilines is 3. The van der Waals surface area contributed by atoms with Crippen molar-refractivity contribution in [2.75, 3.05) is 10.6 Å². The zero-order valence-corrected chi connectivity index (χ0v) is 13.2. The lowest BCUT2D eigenvalue weighted by Gasteiger charge is -2.09. The third-order valence-corrected chi connectivity index (χ3v) is 3.60. The molecule has 0 unspecified atom stereocenters. The molecule has 3 aromatic rings. The Morgan fingerprint density at radius 2 is 1.67 bits per heavy atom. The second kappa shape index (κ2) is 7.10. The number of pyridine rings is 1. The van der Waals surface area contributed by atoms with Crippen molar-refractivity contribution in [1.29, 1.82) is 0 Å². The lowest BCUT2D eigenvalue weighted by Crippen LogP contribution is -2.14. The minimum absolute atomic E-state index is 0.113. The average Bonchev–Trinajstić information content (AvgIpc) is 2.59. The van der Waals surface area contributed by atoms with Gasteiger partial charge in [0.05, 0.1) is 28.3 Å². The van der Waals surface area contributed by atoms with Crippen LogP contribution in [-0.4, -0.2) is 10.9 Å². The van der Waals surface area contributed by atoms with Gasteiger partial charge in [0.25, 0.3) is 5.91 Å². The van der Waals surface area contributed by atoms with E-state index in [-0.39, 0.29) is 11.4 Å². The average molecular weight is 342 g/mol. The van der Waals surface area contributed by atoms with Gasteiger partial charge in [-0.1, -0.05) is 35.9 Å². The largest absolute Gasteiger partial charge is 0.353 e. The van der Waals surface area contributed by atoms with E-state index in [9.17, 15) is 9.18 Å². The van der Waals surface area contributed by atoms with Crippen molar-refractivity contribution in [1.82, 2.24) is 4.98 Å². The number of hydrogen-bond donors (Lipinski definition) is 2. The van der Waals surface area contributed by atoms with Crippen LogP contribution in [0.3, 0.4) is 0 Å². The SMILES string of the molecule is O=C(Nc1ccccc1F)c1ccc(Nc2ccccc2Cl)cn1. The monoisotopic (exact) mass is 341 g/mol. The summed E-state index contributed by atoms with van der Waals surface area (Å²) in [7, 11) is 0. The van der Waals surface area contributed by atoms with Crippen LogP contribution in [0.5, 0.6) is 0 Å². The molecule has 0 aliphatic carbocycles. The number of halogens is 2. The van der Waals surface area contributed by atoms with E-state index in [1.165, 1.54) is 18.3 Å². The van der Waals surface area contributed by atoms with Crippen molar-refractivity contribution in [3.8, 4) is 0 Å². The maximum atomic E-state index is 13.6. The van der Waals surface area contributed by atoms with Crippen LogP contribution < -0.4 is 10.6 Å². The van der Waals surface area contributed by atoms with E-state index in [2.05, 4.69) is 15.6 Å². The zero-order chi connectivity index (χ0) is 16.9. The molecule has 0 spiro atoms. The molecule has 24 heavy (non-hydrogen) atoms. The van der Waals surface area contributed by atoms with Crippen molar-refractivity contribution in [2.24, 2.45) is 0 Å². The number of aromatic nitrogens is 1. The van der Waals surface area contributed by atoms with Gasteiger partial charge in [0, 0.05) is 0 Å². The summed E-state index contributed by atoms with van der Waals surface area (Å²) in [4.78, 5) is 16.2. The minimum atomic E-state index is -0.497. The Bertz CT molecular complexity index is 868. The molecule has 1 amide bonds. The van der Waals surface area contributed by atoms with Crippen molar-refractivity contribution < 1.29 is 9.18 Å². The van der Waals surface area contributed by atoms with Crippen LogP contribution >= 0.6 is 11.6 Å². The van der Waals surface area contributed by atoms with E-state index < -0.39 is 11.7 Å². The van der Waals surface area contributed by atoms with Crippen molar-refractivity contribution in [2.45, 2.75) is 0 Å². The zero-order valence-electron chi connectivity index (χ0n) is 12.5. The Kier molecular flexibility index (Phi) is 4.72. The third kappa shape index (κ3) is 3.70. The number of nitrogens with one attached hydrogen (secondary N) is 2. The number of benzene rings is 2. The van der Waals surface area contributed by atoms with Crippen molar-refractivity contribution in [3.05, 3.63) is 83.4 Å². The van der Waals surface area contributed by atoms with Gasteiger partial charge in [-0.2, -0.15) is 0 Å². The Hall–Kier alpha value is -2.92. The number of nitrogens with zero attached hydrogens (tertiary/aromatic N) is 1. The highest BCUT2D eigenvalue weighted by Crippen LogP contribution is 2.24. The van der Waals surface area contributed by atoms with Gasteiger partial charge in [0.2, 0.25) is 0 Å². The predicted molar refractivity (Wildman–Crippen MR) is 93.3 cm³/mol. The molecule has 0 saturated carbocycles. The van der Waals surface area contributed by atoms with E-state index in [0.717, 1.165) is 5.69 Å². The summed E-state index contributed by atoms with van der Waals surface area (Å²) in [6.45, 7) is 0. The molecule has 2 aromatic carbocycles. The van der Waals surface area contributed by atoms with Crippen molar-refractivity contribution in [3.63, 3.8) is 0 Å². The van der Waals surface area contributed by atoms with Gasteiger partial charge in [-0.3, -0.25) is 4.79 Å². The van der Waals surface area contributed by atoms with E-state index in [0.29, 0.717) is 10.7 Å². The van der Waals surface area contributed by atoms with Crippen LogP contribution in [0.1, 0.15) is 10.5 Å². The lowest BCUT2D eigenvalue weighted by molar-refractivity contribution is 0.102. The fraction of sp³-hybridized carbons (Fsp3) is 0. The highest BCUT2D eigenvalue weighted by Gasteiger charge is 2.10. The van der Waals surface area contributed by atoms with E-state index in [4.69, 9.17) is 11.6 Å². The van der Waals surface area contributed by atoms with Crippen LogP contribution in [0.2, 0.25) is 5.02 Å². The van der Waals surface area contributed by atoms with Gasteiger partial charge < -0.3 is 10.6 Å². The molecule has 0 aliphatic heterocycles. The topological polar surface area (TPSA) is 54.0 Å². The summed E-state index contributed by atoms with van der Waals surface area (Å²) in [6, 6.07) is 16.5. The second-order valence-electron chi connectivity index (χ2n) is 4.97. The minimum Gasteiger partial charge on any atom is -0.353 e. The molecule has 3 rings (SSSR count). The molecule has 6 heteroatoms. The first-order valence-electron chi connectivity index (χ1n) is 7.17. The summed E-state index contributed by atoms with van der Waals surface area (Å²) in [5, 5.41) is 6.18. The first-order valence-corrected chi connectivity index (χ1v) is 7.55. The smallest absolute Gasteiger partial charge is 0.274 e. The molecule has 1 heterocycles. The summed E-state index contributed by atoms with van der Waals surface area (Å²) in [6.07, 6.45) is 1.51. The van der Waals surface area contributed by atoms with E-state index in [1.807, 2.05) is 18.2 Å². The maximum Gasteiger partial charge on any atom is 0.274 e. The van der Waals surface area contributed by atoms with Gasteiger partial charge in [-0.25, -0.2) is 9.37 Å². The summed E-state index contributed by atoms with van der Waals surface area (Å²) >= 11 is 6.08. The highest BCUT2D eigenvalue weighted by molar-refractivity contribution is 6.33. The van der Waals surface area contributed by atoms with E-state index >= 15 is 0 Å². The first kappa shape index (κ1) is 16.0. The Labute approximate surface area is 143 Å². The molecule has 0 bridgehead atoms. The van der Waals surface area contributed by atoms with Crippen LogP contribution in [-0.2, 0) is 0 Å². The number of amides is 1. The number of carbonyl (C=O) groups is 1.